The Morgan fingerprint density at radius 2 is 2.00 bits per heavy atom. The molecule has 0 saturated heterocycles. The predicted molar refractivity (Wildman–Crippen MR) is 88.4 cm³/mol. The van der Waals surface area contributed by atoms with Crippen LogP contribution in [0.15, 0.2) is 24.3 Å². The number of aromatic nitrogens is 2. The van der Waals surface area contributed by atoms with Crippen LogP contribution in [0, 0.1) is 5.41 Å². The highest BCUT2D eigenvalue weighted by Crippen LogP contribution is 2.25. The van der Waals surface area contributed by atoms with Crippen LogP contribution in [0.25, 0.3) is 0 Å². The van der Waals surface area contributed by atoms with Gasteiger partial charge in [-0.1, -0.05) is 50.3 Å². The second kappa shape index (κ2) is 6.87. The number of anilines is 1. The van der Waals surface area contributed by atoms with Gasteiger partial charge in [0.25, 0.3) is 0 Å². The lowest BCUT2D eigenvalue weighted by molar-refractivity contribution is -0.115. The summed E-state index contributed by atoms with van der Waals surface area (Å²) in [5.41, 5.74) is 1.00. The third-order valence-electron chi connectivity index (χ3n) is 2.94. The van der Waals surface area contributed by atoms with Crippen LogP contribution in [0.1, 0.15) is 31.3 Å². The first-order valence-electron chi connectivity index (χ1n) is 7.11. The van der Waals surface area contributed by atoms with Crippen molar-refractivity contribution in [1.29, 1.82) is 0 Å². The van der Waals surface area contributed by atoms with Gasteiger partial charge in [0.15, 0.2) is 0 Å². The Labute approximate surface area is 134 Å². The number of hydrogen-bond acceptors (Lipinski definition) is 5. The molecule has 5 nitrogen and oxygen atoms in total. The van der Waals surface area contributed by atoms with Crippen LogP contribution in [0.5, 0.6) is 5.75 Å². The van der Waals surface area contributed by atoms with Crippen LogP contribution in [-0.4, -0.2) is 23.2 Å². The van der Waals surface area contributed by atoms with Gasteiger partial charge in [0.2, 0.25) is 11.0 Å². The van der Waals surface area contributed by atoms with E-state index >= 15 is 0 Å². The third-order valence-corrected chi connectivity index (χ3v) is 3.78. The fourth-order valence-corrected chi connectivity index (χ4v) is 3.07. The Morgan fingerprint density at radius 1 is 1.27 bits per heavy atom. The van der Waals surface area contributed by atoms with Gasteiger partial charge in [-0.3, -0.25) is 4.79 Å². The second-order valence-electron chi connectivity index (χ2n) is 6.28. The van der Waals surface area contributed by atoms with Crippen molar-refractivity contribution in [2.24, 2.45) is 5.41 Å². The summed E-state index contributed by atoms with van der Waals surface area (Å²) in [4.78, 5) is 12.1. The molecular weight excluding hydrogens is 298 g/mol. The van der Waals surface area contributed by atoms with Crippen molar-refractivity contribution in [1.82, 2.24) is 10.2 Å². The molecule has 2 rings (SSSR count). The molecule has 1 amide bonds. The molecule has 2 aromatic rings. The zero-order chi connectivity index (χ0) is 16.2. The Morgan fingerprint density at radius 3 is 2.68 bits per heavy atom. The fourth-order valence-electron chi connectivity index (χ4n) is 2.01. The average molecular weight is 319 g/mol. The van der Waals surface area contributed by atoms with E-state index in [1.165, 1.54) is 11.3 Å². The Bertz CT molecular complexity index is 647. The van der Waals surface area contributed by atoms with Gasteiger partial charge in [-0.2, -0.15) is 0 Å². The molecule has 0 aliphatic heterocycles. The summed E-state index contributed by atoms with van der Waals surface area (Å²) < 4.78 is 5.25. The van der Waals surface area contributed by atoms with Gasteiger partial charge in [0.05, 0.1) is 13.5 Å². The van der Waals surface area contributed by atoms with Gasteiger partial charge in [-0.15, -0.1) is 10.2 Å². The van der Waals surface area contributed by atoms with Crippen molar-refractivity contribution in [3.63, 3.8) is 0 Å². The van der Waals surface area contributed by atoms with E-state index in [2.05, 4.69) is 36.3 Å². The highest BCUT2D eigenvalue weighted by molar-refractivity contribution is 7.15. The number of ether oxygens (including phenoxy) is 1. The molecule has 0 atom stereocenters. The highest BCUT2D eigenvalue weighted by Gasteiger charge is 2.16. The lowest BCUT2D eigenvalue weighted by Gasteiger charge is -2.14. The number of nitrogens with one attached hydrogen (secondary N) is 1. The molecule has 0 bridgehead atoms. The summed E-state index contributed by atoms with van der Waals surface area (Å²) >= 11 is 1.42. The van der Waals surface area contributed by atoms with Gasteiger partial charge in [-0.05, 0) is 11.5 Å². The summed E-state index contributed by atoms with van der Waals surface area (Å²) in [5.74, 6) is 0.589. The average Bonchev–Trinajstić information content (AvgIpc) is 2.84. The standard InChI is InChI=1S/C16H21N3O2S/c1-16(2,3)10-14-18-19-15(22-14)17-13(20)9-11-7-5-6-8-12(11)21-4/h5-8H,9-10H2,1-4H3,(H,17,19,20). The topological polar surface area (TPSA) is 64.1 Å². The number of rotatable bonds is 5. The molecule has 0 aliphatic carbocycles. The predicted octanol–water partition coefficient (Wildman–Crippen LogP) is 3.32. The fraction of sp³-hybridized carbons (Fsp3) is 0.438. The van der Waals surface area contributed by atoms with Gasteiger partial charge >= 0.3 is 0 Å². The molecule has 0 spiro atoms. The maximum atomic E-state index is 12.1. The summed E-state index contributed by atoms with van der Waals surface area (Å²) in [6.07, 6.45) is 1.09. The van der Waals surface area contributed by atoms with Gasteiger partial charge < -0.3 is 10.1 Å². The molecule has 0 saturated carbocycles. The number of benzene rings is 1. The van der Waals surface area contributed by atoms with E-state index in [4.69, 9.17) is 4.74 Å². The molecule has 6 heteroatoms. The minimum Gasteiger partial charge on any atom is -0.496 e. The Kier molecular flexibility index (Phi) is 5.13. The molecule has 1 aromatic carbocycles. The summed E-state index contributed by atoms with van der Waals surface area (Å²) in [6, 6.07) is 7.49. The monoisotopic (exact) mass is 319 g/mol. The van der Waals surface area contributed by atoms with Crippen molar-refractivity contribution in [2.45, 2.75) is 33.6 Å². The molecular formula is C16H21N3O2S. The highest BCUT2D eigenvalue weighted by atomic mass is 32.1. The van der Waals surface area contributed by atoms with Crippen molar-refractivity contribution in [2.75, 3.05) is 12.4 Å². The maximum Gasteiger partial charge on any atom is 0.230 e. The first-order valence-corrected chi connectivity index (χ1v) is 7.93. The minimum atomic E-state index is -0.122. The zero-order valence-electron chi connectivity index (χ0n) is 13.3. The van der Waals surface area contributed by atoms with Gasteiger partial charge in [-0.25, -0.2) is 0 Å². The number of carbonyl (C=O) groups is 1. The van der Waals surface area contributed by atoms with E-state index in [0.717, 1.165) is 17.0 Å². The van der Waals surface area contributed by atoms with E-state index in [9.17, 15) is 4.79 Å². The molecule has 0 unspecified atom stereocenters. The Balaban J connectivity index is 1.98. The summed E-state index contributed by atoms with van der Waals surface area (Å²) in [6.45, 7) is 6.44. The van der Waals surface area contributed by atoms with E-state index in [0.29, 0.717) is 10.9 Å². The number of nitrogens with zero attached hydrogens (tertiary/aromatic N) is 2. The first-order chi connectivity index (χ1) is 10.4. The van der Waals surface area contributed by atoms with Crippen LogP contribution in [0.4, 0.5) is 5.13 Å². The van der Waals surface area contributed by atoms with Crippen LogP contribution in [-0.2, 0) is 17.6 Å². The largest absolute Gasteiger partial charge is 0.496 e. The summed E-state index contributed by atoms with van der Waals surface area (Å²) in [5, 5.41) is 12.4. The zero-order valence-corrected chi connectivity index (χ0v) is 14.2. The van der Waals surface area contributed by atoms with Crippen molar-refractivity contribution in [3.8, 4) is 5.75 Å². The van der Waals surface area contributed by atoms with Crippen LogP contribution in [0.2, 0.25) is 0 Å². The number of carbonyl (C=O) groups excluding carboxylic acids is 1. The molecule has 118 valence electrons. The van der Waals surface area contributed by atoms with E-state index in [-0.39, 0.29) is 17.7 Å². The number of amides is 1. The number of methoxy groups -OCH3 is 1. The second-order valence-corrected chi connectivity index (χ2v) is 7.34. The molecule has 1 aromatic heterocycles. The smallest absolute Gasteiger partial charge is 0.230 e. The lowest BCUT2D eigenvalue weighted by atomic mass is 9.93. The van der Waals surface area contributed by atoms with Crippen LogP contribution < -0.4 is 10.1 Å². The molecule has 22 heavy (non-hydrogen) atoms. The summed E-state index contributed by atoms with van der Waals surface area (Å²) in [7, 11) is 1.60. The number of hydrogen-bond donors (Lipinski definition) is 1. The van der Waals surface area contributed by atoms with Crippen LogP contribution >= 0.6 is 11.3 Å². The molecule has 0 radical (unpaired) electrons. The Hall–Kier alpha value is -1.95. The lowest BCUT2D eigenvalue weighted by Crippen LogP contribution is -2.14. The van der Waals surface area contributed by atoms with Gasteiger partial charge in [0.1, 0.15) is 10.8 Å². The minimum absolute atomic E-state index is 0.122. The molecule has 0 fully saturated rings. The molecule has 1 heterocycles. The van der Waals surface area contributed by atoms with Crippen molar-refractivity contribution >= 4 is 22.4 Å². The van der Waals surface area contributed by atoms with Gasteiger partial charge in [0, 0.05) is 12.0 Å². The van der Waals surface area contributed by atoms with E-state index < -0.39 is 0 Å². The van der Waals surface area contributed by atoms with Crippen molar-refractivity contribution in [3.05, 3.63) is 34.8 Å². The number of para-hydroxylation sites is 1. The molecule has 0 aliphatic rings. The normalized spacial score (nSPS) is 11.3. The van der Waals surface area contributed by atoms with Crippen LogP contribution in [0.3, 0.4) is 0 Å². The van der Waals surface area contributed by atoms with E-state index in [1.807, 2.05) is 24.3 Å². The van der Waals surface area contributed by atoms with Crippen molar-refractivity contribution < 1.29 is 9.53 Å². The SMILES string of the molecule is COc1ccccc1CC(=O)Nc1nnc(CC(C)(C)C)s1. The first kappa shape index (κ1) is 16.4. The third kappa shape index (κ3) is 4.80. The quantitative estimate of drug-likeness (QED) is 0.918. The maximum absolute atomic E-state index is 12.1. The molecule has 1 N–H and O–H groups in total. The van der Waals surface area contributed by atoms with E-state index in [1.54, 1.807) is 7.11 Å².